The molecule has 0 aromatic heterocycles. The van der Waals surface area contributed by atoms with Crippen LogP contribution in [-0.4, -0.2) is 0 Å². The number of hydrogen-bond acceptors (Lipinski definition) is 3. The van der Waals surface area contributed by atoms with Gasteiger partial charge >= 0.3 is 0 Å². The molecule has 4 heteroatoms. The predicted octanol–water partition coefficient (Wildman–Crippen LogP) is 7.32. The smallest absolute Gasteiger partial charge is 0.138 e. The van der Waals surface area contributed by atoms with Crippen LogP contribution >= 0.6 is 7.14 Å². The number of anilines is 2. The van der Waals surface area contributed by atoms with Crippen molar-refractivity contribution in [2.24, 2.45) is 0 Å². The minimum absolute atomic E-state index is 0.447. The zero-order valence-corrected chi connectivity index (χ0v) is 21.7. The minimum atomic E-state index is -3.27. The lowest BCUT2D eigenvalue weighted by atomic mass is 9.83. The molecule has 0 saturated heterocycles. The van der Waals surface area contributed by atoms with Gasteiger partial charge in [-0.15, -0.1) is 0 Å². The van der Waals surface area contributed by atoms with Gasteiger partial charge in [-0.2, -0.15) is 0 Å². The Morgan fingerprint density at radius 3 is 1.62 bits per heavy atom. The highest BCUT2D eigenvalue weighted by Gasteiger charge is 2.55. The Balaban J connectivity index is 1.79. The van der Waals surface area contributed by atoms with E-state index in [9.17, 15) is 0 Å². The van der Waals surface area contributed by atoms with Gasteiger partial charge in [-0.25, -0.2) is 0 Å². The fourth-order valence-electron chi connectivity index (χ4n) is 5.93. The lowest BCUT2D eigenvalue weighted by Crippen LogP contribution is -2.36. The average molecular weight is 501 g/mol. The van der Waals surface area contributed by atoms with Gasteiger partial charge in [0.05, 0.1) is 0 Å². The number of aryl methyl sites for hydroxylation is 1. The molecule has 1 aliphatic heterocycles. The zero-order valence-electron chi connectivity index (χ0n) is 20.8. The average Bonchev–Trinajstić information content (AvgIpc) is 2.92. The van der Waals surface area contributed by atoms with E-state index in [0.29, 0.717) is 17.5 Å². The first-order chi connectivity index (χ1) is 17.9. The summed E-state index contributed by atoms with van der Waals surface area (Å²) in [7, 11) is -3.27. The van der Waals surface area contributed by atoms with Crippen LogP contribution in [0.15, 0.2) is 121 Å². The van der Waals surface area contributed by atoms with Gasteiger partial charge in [-0.1, -0.05) is 103 Å². The first-order valence-electron chi connectivity index (χ1n) is 12.5. The van der Waals surface area contributed by atoms with Gasteiger partial charge < -0.3 is 16.0 Å². The third-order valence-electron chi connectivity index (χ3n) is 7.66. The molecule has 5 aromatic rings. The fraction of sp³-hybridized carbons (Fsp3) is 0.0909. The first kappa shape index (κ1) is 23.3. The standard InChI is InChI=1S/C33H29N2OP/c1-23-10-12-25(13-11-23)33(26-14-18-28(34)19-15-26,27-16-20-29(35)21-17-27)37(36)22-24-6-2-3-7-30(24)31-8-4-5-9-32(31)37/h2-21H,22,34-35H2,1H3. The third-order valence-corrected chi connectivity index (χ3v) is 11.5. The summed E-state index contributed by atoms with van der Waals surface area (Å²) < 4.78 is 16.2. The summed E-state index contributed by atoms with van der Waals surface area (Å²) >= 11 is 0. The number of rotatable bonds is 4. The van der Waals surface area contributed by atoms with Crippen LogP contribution in [0.5, 0.6) is 0 Å². The van der Waals surface area contributed by atoms with E-state index in [1.165, 1.54) is 0 Å². The van der Waals surface area contributed by atoms with Crippen molar-refractivity contribution in [2.45, 2.75) is 18.2 Å². The number of fused-ring (bicyclic) bond motifs is 3. The molecule has 0 bridgehead atoms. The Morgan fingerprint density at radius 2 is 1.05 bits per heavy atom. The first-order valence-corrected chi connectivity index (χ1v) is 14.4. The van der Waals surface area contributed by atoms with E-state index >= 15 is 4.57 Å². The van der Waals surface area contributed by atoms with E-state index in [-0.39, 0.29) is 0 Å². The Hall–Kier alpha value is -4.07. The molecule has 0 aliphatic carbocycles. The molecule has 1 heterocycles. The Kier molecular flexibility index (Phi) is 5.55. The molecule has 1 unspecified atom stereocenters. The minimum Gasteiger partial charge on any atom is -0.399 e. The summed E-state index contributed by atoms with van der Waals surface area (Å²) in [4.78, 5) is 0. The Morgan fingerprint density at radius 1 is 0.595 bits per heavy atom. The maximum atomic E-state index is 16.2. The van der Waals surface area contributed by atoms with E-state index in [2.05, 4.69) is 61.5 Å². The number of benzene rings is 5. The highest BCUT2D eigenvalue weighted by atomic mass is 31.2. The van der Waals surface area contributed by atoms with Crippen molar-refractivity contribution in [3.8, 4) is 11.1 Å². The molecule has 0 fully saturated rings. The number of nitrogen functional groups attached to an aromatic ring is 2. The van der Waals surface area contributed by atoms with Crippen LogP contribution in [0.4, 0.5) is 11.4 Å². The fourth-order valence-corrected chi connectivity index (χ4v) is 10.1. The Labute approximate surface area is 218 Å². The third kappa shape index (κ3) is 3.54. The van der Waals surface area contributed by atoms with Crippen molar-refractivity contribution >= 4 is 23.8 Å². The molecule has 5 aromatic carbocycles. The van der Waals surface area contributed by atoms with Crippen LogP contribution in [-0.2, 0) is 15.9 Å². The second kappa shape index (κ2) is 8.80. The Bertz CT molecular complexity index is 1530. The lowest BCUT2D eigenvalue weighted by molar-refractivity contribution is 0.563. The maximum Gasteiger partial charge on any atom is 0.138 e. The number of hydrogen-bond donors (Lipinski definition) is 2. The molecule has 0 saturated carbocycles. The van der Waals surface area contributed by atoms with Crippen LogP contribution in [0.3, 0.4) is 0 Å². The van der Waals surface area contributed by atoms with E-state index < -0.39 is 12.3 Å². The molecule has 1 atom stereocenters. The molecule has 6 rings (SSSR count). The van der Waals surface area contributed by atoms with Crippen LogP contribution in [0.25, 0.3) is 11.1 Å². The van der Waals surface area contributed by atoms with Crippen LogP contribution in [0.1, 0.15) is 27.8 Å². The van der Waals surface area contributed by atoms with Crippen LogP contribution < -0.4 is 16.8 Å². The summed E-state index contributed by atoms with van der Waals surface area (Å²) in [5.41, 5.74) is 21.0. The largest absolute Gasteiger partial charge is 0.399 e. The van der Waals surface area contributed by atoms with Gasteiger partial charge in [0.25, 0.3) is 0 Å². The van der Waals surface area contributed by atoms with Crippen LogP contribution in [0.2, 0.25) is 0 Å². The maximum absolute atomic E-state index is 16.2. The van der Waals surface area contributed by atoms with Gasteiger partial charge in [-0.05, 0) is 64.6 Å². The zero-order chi connectivity index (χ0) is 25.6. The molecule has 3 nitrogen and oxygen atoms in total. The molecule has 37 heavy (non-hydrogen) atoms. The SMILES string of the molecule is Cc1ccc(C(c2ccc(N)cc2)(c2ccc(N)cc2)P2(=O)Cc3ccccc3-c3ccccc32)cc1. The van der Waals surface area contributed by atoms with Gasteiger partial charge in [0.2, 0.25) is 0 Å². The second-order valence-electron chi connectivity index (χ2n) is 9.89. The molecule has 0 amide bonds. The van der Waals surface area contributed by atoms with Crippen LogP contribution in [0, 0.1) is 6.92 Å². The molecule has 182 valence electrons. The van der Waals surface area contributed by atoms with Crippen molar-refractivity contribution in [1.29, 1.82) is 0 Å². The summed E-state index contributed by atoms with van der Waals surface area (Å²) in [6, 6.07) is 40.8. The second-order valence-corrected chi connectivity index (χ2v) is 12.8. The van der Waals surface area contributed by atoms with Gasteiger partial charge in [0, 0.05) is 22.8 Å². The quantitative estimate of drug-likeness (QED) is 0.154. The van der Waals surface area contributed by atoms with Gasteiger partial charge in [0.15, 0.2) is 0 Å². The summed E-state index contributed by atoms with van der Waals surface area (Å²) in [5, 5.41) is -0.0472. The molecule has 4 N–H and O–H groups in total. The highest BCUT2D eigenvalue weighted by Crippen LogP contribution is 2.72. The summed E-state index contributed by atoms with van der Waals surface area (Å²) in [6.45, 7) is 2.08. The van der Waals surface area contributed by atoms with Crippen molar-refractivity contribution < 1.29 is 4.57 Å². The van der Waals surface area contributed by atoms with E-state index in [4.69, 9.17) is 11.5 Å². The van der Waals surface area contributed by atoms with Gasteiger partial charge in [-0.3, -0.25) is 0 Å². The summed E-state index contributed by atoms with van der Waals surface area (Å²) in [6.07, 6.45) is 0.447. The predicted molar refractivity (Wildman–Crippen MR) is 156 cm³/mol. The molecular weight excluding hydrogens is 471 g/mol. The van der Waals surface area contributed by atoms with Crippen molar-refractivity contribution in [3.63, 3.8) is 0 Å². The van der Waals surface area contributed by atoms with Crippen molar-refractivity contribution in [2.75, 3.05) is 11.5 Å². The van der Waals surface area contributed by atoms with E-state index in [0.717, 1.165) is 44.2 Å². The van der Waals surface area contributed by atoms with Crippen molar-refractivity contribution in [1.82, 2.24) is 0 Å². The lowest BCUT2D eigenvalue weighted by Gasteiger charge is -2.45. The topological polar surface area (TPSA) is 69.1 Å². The molecule has 0 spiro atoms. The molecular formula is C33H29N2OP. The molecule has 0 radical (unpaired) electrons. The normalized spacial score (nSPS) is 16.6. The van der Waals surface area contributed by atoms with E-state index in [1.54, 1.807) is 0 Å². The molecule has 1 aliphatic rings. The number of nitrogens with two attached hydrogens (primary N) is 2. The van der Waals surface area contributed by atoms with Crippen molar-refractivity contribution in [3.05, 3.63) is 149 Å². The summed E-state index contributed by atoms with van der Waals surface area (Å²) in [5.74, 6) is 0. The monoisotopic (exact) mass is 500 g/mol. The van der Waals surface area contributed by atoms with E-state index in [1.807, 2.05) is 66.7 Å². The van der Waals surface area contributed by atoms with Gasteiger partial charge in [0.1, 0.15) is 12.3 Å². The highest BCUT2D eigenvalue weighted by molar-refractivity contribution is 7.73.